The molecule has 0 saturated carbocycles. The van der Waals surface area contributed by atoms with Gasteiger partial charge in [-0.05, 0) is 42.7 Å². The quantitative estimate of drug-likeness (QED) is 0.638. The predicted molar refractivity (Wildman–Crippen MR) is 113 cm³/mol. The molecule has 0 N–H and O–H groups in total. The molecule has 1 unspecified atom stereocenters. The average Bonchev–Trinajstić information content (AvgIpc) is 2.91. The lowest BCUT2D eigenvalue weighted by molar-refractivity contribution is -0.139. The first-order chi connectivity index (χ1) is 14.2. The fourth-order valence-electron chi connectivity index (χ4n) is 3.73. The fraction of sp³-hybridized carbons (Fsp3) is 0.667. The Kier molecular flexibility index (Phi) is 8.76. The smallest absolute Gasteiger partial charge is 0.242 e. The topological polar surface area (TPSA) is 72.0 Å². The standard InChI is InChI=1S/C21H31N3O4S/c1-29-11-6-20(25)24-14-19(28-16-18-2-7-22-8-3-18)13-23(21(26)15-24)12-17-4-9-27-10-5-17/h2-3,7-8,17,19H,4-6,9-16H2,1H3. The minimum atomic E-state index is -0.201. The normalized spacial score (nSPS) is 21.3. The second-order valence-corrected chi connectivity index (χ2v) is 8.65. The number of pyridine rings is 1. The molecule has 0 aromatic carbocycles. The summed E-state index contributed by atoms with van der Waals surface area (Å²) in [5.74, 6) is 1.26. The largest absolute Gasteiger partial charge is 0.381 e. The molecule has 2 aliphatic heterocycles. The summed E-state index contributed by atoms with van der Waals surface area (Å²) in [7, 11) is 0. The van der Waals surface area contributed by atoms with Gasteiger partial charge in [0.15, 0.2) is 0 Å². The van der Waals surface area contributed by atoms with Crippen molar-refractivity contribution in [1.82, 2.24) is 14.8 Å². The van der Waals surface area contributed by atoms with Crippen LogP contribution in [-0.2, 0) is 25.7 Å². The van der Waals surface area contributed by atoms with Crippen molar-refractivity contribution in [2.24, 2.45) is 5.92 Å². The molecule has 29 heavy (non-hydrogen) atoms. The lowest BCUT2D eigenvalue weighted by Crippen LogP contribution is -2.42. The third kappa shape index (κ3) is 6.97. The maximum atomic E-state index is 12.9. The van der Waals surface area contributed by atoms with Gasteiger partial charge in [0.2, 0.25) is 11.8 Å². The molecule has 2 amide bonds. The molecule has 3 rings (SSSR count). The van der Waals surface area contributed by atoms with Gasteiger partial charge in [0.1, 0.15) is 0 Å². The summed E-state index contributed by atoms with van der Waals surface area (Å²) in [6.07, 6.45) is 7.66. The van der Waals surface area contributed by atoms with Gasteiger partial charge in [0, 0.05) is 57.4 Å². The summed E-state index contributed by atoms with van der Waals surface area (Å²) in [5.41, 5.74) is 1.03. The number of rotatable bonds is 8. The second-order valence-electron chi connectivity index (χ2n) is 7.66. The van der Waals surface area contributed by atoms with E-state index in [1.54, 1.807) is 29.1 Å². The Labute approximate surface area is 177 Å². The summed E-state index contributed by atoms with van der Waals surface area (Å²) < 4.78 is 11.6. The number of aromatic nitrogens is 1. The van der Waals surface area contributed by atoms with Crippen molar-refractivity contribution in [3.8, 4) is 0 Å². The van der Waals surface area contributed by atoms with Crippen LogP contribution in [0.5, 0.6) is 0 Å². The molecule has 2 aliphatic rings. The first-order valence-electron chi connectivity index (χ1n) is 10.3. The summed E-state index contributed by atoms with van der Waals surface area (Å²) in [6, 6.07) is 3.84. The first-order valence-corrected chi connectivity index (χ1v) is 11.7. The van der Waals surface area contributed by atoms with Crippen LogP contribution in [0.1, 0.15) is 24.8 Å². The van der Waals surface area contributed by atoms with Crippen molar-refractivity contribution in [3.63, 3.8) is 0 Å². The third-order valence-corrected chi connectivity index (χ3v) is 6.07. The maximum Gasteiger partial charge on any atom is 0.242 e. The summed E-state index contributed by atoms with van der Waals surface area (Å²) in [5, 5.41) is 0. The van der Waals surface area contributed by atoms with Crippen molar-refractivity contribution in [2.75, 3.05) is 51.4 Å². The molecule has 0 spiro atoms. The third-order valence-electron chi connectivity index (χ3n) is 5.45. The summed E-state index contributed by atoms with van der Waals surface area (Å²) >= 11 is 1.64. The van der Waals surface area contributed by atoms with Crippen LogP contribution < -0.4 is 0 Å². The van der Waals surface area contributed by atoms with Crippen LogP contribution in [0.4, 0.5) is 0 Å². The number of hydrogen-bond donors (Lipinski definition) is 0. The molecule has 1 atom stereocenters. The van der Waals surface area contributed by atoms with Gasteiger partial charge in [-0.3, -0.25) is 14.6 Å². The van der Waals surface area contributed by atoms with Gasteiger partial charge in [-0.2, -0.15) is 11.8 Å². The predicted octanol–water partition coefficient (Wildman–Crippen LogP) is 1.82. The first kappa shape index (κ1) is 22.1. The fourth-order valence-corrected chi connectivity index (χ4v) is 4.11. The highest BCUT2D eigenvalue weighted by molar-refractivity contribution is 7.98. The van der Waals surface area contributed by atoms with Gasteiger partial charge in [0.25, 0.3) is 0 Å². The number of carbonyl (C=O) groups excluding carboxylic acids is 2. The van der Waals surface area contributed by atoms with Crippen molar-refractivity contribution in [3.05, 3.63) is 30.1 Å². The number of nitrogens with zero attached hydrogens (tertiary/aromatic N) is 3. The van der Waals surface area contributed by atoms with E-state index in [4.69, 9.17) is 9.47 Å². The molecule has 3 heterocycles. The molecule has 2 saturated heterocycles. The number of ether oxygens (including phenoxy) is 2. The molecule has 0 radical (unpaired) electrons. The van der Waals surface area contributed by atoms with Crippen LogP contribution in [0, 0.1) is 5.92 Å². The SMILES string of the molecule is CSCCC(=O)N1CC(=O)N(CC2CCOCC2)CC(OCc2ccncc2)C1. The Morgan fingerprint density at radius 2 is 2.03 bits per heavy atom. The van der Waals surface area contributed by atoms with Gasteiger partial charge < -0.3 is 19.3 Å². The molecule has 0 bridgehead atoms. The zero-order chi connectivity index (χ0) is 20.5. The summed E-state index contributed by atoms with van der Waals surface area (Å²) in [4.78, 5) is 33.2. The molecule has 1 aromatic rings. The highest BCUT2D eigenvalue weighted by Gasteiger charge is 2.32. The van der Waals surface area contributed by atoms with Crippen LogP contribution in [0.2, 0.25) is 0 Å². The molecule has 0 aliphatic carbocycles. The Balaban J connectivity index is 1.66. The van der Waals surface area contributed by atoms with Crippen LogP contribution in [-0.4, -0.2) is 84.1 Å². The zero-order valence-corrected chi connectivity index (χ0v) is 17.9. The lowest BCUT2D eigenvalue weighted by atomic mass is 9.99. The van der Waals surface area contributed by atoms with Gasteiger partial charge in [-0.15, -0.1) is 0 Å². The minimum absolute atomic E-state index is 0.0176. The summed E-state index contributed by atoms with van der Waals surface area (Å²) in [6.45, 7) is 3.79. The van der Waals surface area contributed by atoms with Crippen molar-refractivity contribution in [1.29, 1.82) is 0 Å². The second kappa shape index (κ2) is 11.5. The van der Waals surface area contributed by atoms with E-state index >= 15 is 0 Å². The highest BCUT2D eigenvalue weighted by Crippen LogP contribution is 2.19. The van der Waals surface area contributed by atoms with Gasteiger partial charge in [-0.25, -0.2) is 0 Å². The molecule has 7 nitrogen and oxygen atoms in total. The van der Waals surface area contributed by atoms with Crippen LogP contribution in [0.3, 0.4) is 0 Å². The molecule has 2 fully saturated rings. The van der Waals surface area contributed by atoms with Gasteiger partial charge in [0.05, 0.1) is 19.3 Å². The number of hydrogen-bond acceptors (Lipinski definition) is 6. The Morgan fingerprint density at radius 1 is 1.28 bits per heavy atom. The Hall–Kier alpha value is -1.64. The van der Waals surface area contributed by atoms with Crippen LogP contribution >= 0.6 is 11.8 Å². The van der Waals surface area contributed by atoms with E-state index in [1.165, 1.54) is 0 Å². The van der Waals surface area contributed by atoms with Gasteiger partial charge >= 0.3 is 0 Å². The van der Waals surface area contributed by atoms with Crippen molar-refractivity contribution >= 4 is 23.6 Å². The molecule has 1 aromatic heterocycles. The molecule has 160 valence electrons. The highest BCUT2D eigenvalue weighted by atomic mass is 32.2. The molecule has 8 heteroatoms. The average molecular weight is 422 g/mol. The molecular weight excluding hydrogens is 390 g/mol. The van der Waals surface area contributed by atoms with Crippen LogP contribution in [0.15, 0.2) is 24.5 Å². The number of amides is 2. The van der Waals surface area contributed by atoms with E-state index in [-0.39, 0.29) is 24.5 Å². The van der Waals surface area contributed by atoms with E-state index in [9.17, 15) is 9.59 Å². The zero-order valence-electron chi connectivity index (χ0n) is 17.1. The van der Waals surface area contributed by atoms with Crippen LogP contribution in [0.25, 0.3) is 0 Å². The van der Waals surface area contributed by atoms with E-state index in [0.717, 1.165) is 37.4 Å². The van der Waals surface area contributed by atoms with E-state index in [2.05, 4.69) is 4.98 Å². The van der Waals surface area contributed by atoms with Crippen molar-refractivity contribution in [2.45, 2.75) is 32.0 Å². The Bertz CT molecular complexity index is 655. The number of thioether (sulfide) groups is 1. The minimum Gasteiger partial charge on any atom is -0.381 e. The molecular formula is C21H31N3O4S. The van der Waals surface area contributed by atoms with Crippen molar-refractivity contribution < 1.29 is 19.1 Å². The monoisotopic (exact) mass is 421 g/mol. The van der Waals surface area contributed by atoms with E-state index in [0.29, 0.717) is 38.6 Å². The van der Waals surface area contributed by atoms with E-state index in [1.807, 2.05) is 23.3 Å². The maximum absolute atomic E-state index is 12.9. The lowest BCUT2D eigenvalue weighted by Gasteiger charge is -2.30. The Morgan fingerprint density at radius 3 is 2.76 bits per heavy atom. The van der Waals surface area contributed by atoms with Gasteiger partial charge in [-0.1, -0.05) is 0 Å². The number of carbonyl (C=O) groups is 2. The van der Waals surface area contributed by atoms with E-state index < -0.39 is 0 Å².